The number of H-pyrrole nitrogens is 1. The Labute approximate surface area is 188 Å². The molecule has 1 aliphatic carbocycles. The maximum absolute atomic E-state index is 14.1. The van der Waals surface area contributed by atoms with Crippen LogP contribution >= 0.6 is 0 Å². The maximum Gasteiger partial charge on any atom is 0.267 e. The predicted octanol–water partition coefficient (Wildman–Crippen LogP) is 2.57. The number of carbonyl (C=O) groups excluding carboxylic acids is 2. The highest BCUT2D eigenvalue weighted by Crippen LogP contribution is 2.28. The van der Waals surface area contributed by atoms with E-state index in [9.17, 15) is 19.1 Å². The Morgan fingerprint density at radius 3 is 2.84 bits per heavy atom. The molecule has 32 heavy (non-hydrogen) atoms. The lowest BCUT2D eigenvalue weighted by Crippen LogP contribution is -2.47. The van der Waals surface area contributed by atoms with E-state index in [0.717, 1.165) is 50.8 Å². The molecular formula is C24H33FN4O3. The second kappa shape index (κ2) is 9.58. The average Bonchev–Trinajstić information content (AvgIpc) is 3.46. The first-order chi connectivity index (χ1) is 15.4. The lowest BCUT2D eigenvalue weighted by Gasteiger charge is -2.36. The number of likely N-dealkylation sites (tertiary alicyclic amines) is 1. The largest absolute Gasteiger partial charge is 0.387 e. The predicted molar refractivity (Wildman–Crippen MR) is 121 cm³/mol. The van der Waals surface area contributed by atoms with Crippen molar-refractivity contribution >= 4 is 22.7 Å². The molecule has 7 nitrogen and oxygen atoms in total. The van der Waals surface area contributed by atoms with Gasteiger partial charge in [-0.1, -0.05) is 6.07 Å². The van der Waals surface area contributed by atoms with Gasteiger partial charge in [-0.2, -0.15) is 0 Å². The normalized spacial score (nSPS) is 24.1. The van der Waals surface area contributed by atoms with E-state index in [-0.39, 0.29) is 29.7 Å². The van der Waals surface area contributed by atoms with E-state index in [1.807, 2.05) is 13.8 Å². The summed E-state index contributed by atoms with van der Waals surface area (Å²) >= 11 is 0. The molecule has 0 spiro atoms. The fraction of sp³-hybridized carbons (Fsp3) is 0.583. The summed E-state index contributed by atoms with van der Waals surface area (Å²) in [5, 5.41) is 12.8. The Morgan fingerprint density at radius 2 is 2.12 bits per heavy atom. The molecule has 0 radical (unpaired) electrons. The third kappa shape index (κ3) is 4.52. The topological polar surface area (TPSA) is 88.7 Å². The fourth-order valence-electron chi connectivity index (χ4n) is 5.42. The summed E-state index contributed by atoms with van der Waals surface area (Å²) in [6.45, 7) is 5.73. The minimum atomic E-state index is -0.445. The van der Waals surface area contributed by atoms with E-state index in [1.165, 1.54) is 6.07 Å². The van der Waals surface area contributed by atoms with Crippen LogP contribution in [0.5, 0.6) is 0 Å². The number of likely N-dealkylation sites (N-methyl/N-ethyl adjacent to an activating group) is 1. The van der Waals surface area contributed by atoms with E-state index in [2.05, 4.69) is 15.2 Å². The van der Waals surface area contributed by atoms with Crippen molar-refractivity contribution in [3.63, 3.8) is 0 Å². The van der Waals surface area contributed by atoms with Crippen LogP contribution in [0.3, 0.4) is 0 Å². The lowest BCUT2D eigenvalue weighted by atomic mass is 9.90. The number of benzene rings is 1. The third-order valence-electron chi connectivity index (χ3n) is 7.12. The molecule has 1 saturated heterocycles. The molecule has 1 aromatic carbocycles. The molecule has 3 N–H and O–H groups in total. The van der Waals surface area contributed by atoms with E-state index in [4.69, 9.17) is 0 Å². The Kier molecular flexibility index (Phi) is 6.81. The molecule has 1 aromatic heterocycles. The number of aliphatic hydroxyl groups is 1. The number of aryl methyl sites for hydroxylation is 1. The zero-order valence-corrected chi connectivity index (χ0v) is 18.9. The van der Waals surface area contributed by atoms with E-state index in [1.54, 1.807) is 17.0 Å². The summed E-state index contributed by atoms with van der Waals surface area (Å²) in [6, 6.07) is 5.30. The minimum absolute atomic E-state index is 0.0685. The van der Waals surface area contributed by atoms with Crippen molar-refractivity contribution in [3.8, 4) is 0 Å². The molecule has 0 unspecified atom stereocenters. The van der Waals surface area contributed by atoms with Crippen molar-refractivity contribution < 1.29 is 19.1 Å². The summed E-state index contributed by atoms with van der Waals surface area (Å²) in [5.74, 6) is -0.739. The Hall–Kier alpha value is -2.45. The molecular weight excluding hydrogens is 411 g/mol. The van der Waals surface area contributed by atoms with Gasteiger partial charge in [0.2, 0.25) is 5.91 Å². The SMILES string of the molecule is CCN(C(=O)CO)[C@@H]1CCN([C@H]2CCC[C@@H](NC(=O)c3cc4c(F)ccc(C)c4[nH]3)C2)C1. The standard InChI is InChI=1S/C24H33FN4O3/c1-3-29(22(31)14-30)18-9-10-28(13-18)17-6-4-5-16(11-17)26-24(32)21-12-19-20(25)8-7-15(2)23(19)27-21/h7-8,12,16-18,27,30H,3-6,9-11,13-14H2,1-2H3,(H,26,32)/t16-,17+,18-/m1/s1. The first kappa shape index (κ1) is 22.7. The zero-order chi connectivity index (χ0) is 22.8. The Balaban J connectivity index is 1.37. The Bertz CT molecular complexity index is 952. The number of hydrogen-bond donors (Lipinski definition) is 3. The van der Waals surface area contributed by atoms with Crippen LogP contribution in [-0.4, -0.2) is 76.1 Å². The Morgan fingerprint density at radius 1 is 1.31 bits per heavy atom. The second-order valence-corrected chi connectivity index (χ2v) is 9.10. The van der Waals surface area contributed by atoms with Crippen LogP contribution in [0, 0.1) is 12.7 Å². The minimum Gasteiger partial charge on any atom is -0.387 e. The number of aliphatic hydroxyl groups excluding tert-OH is 1. The summed E-state index contributed by atoms with van der Waals surface area (Å²) in [6.07, 6.45) is 4.82. The highest BCUT2D eigenvalue weighted by molar-refractivity contribution is 5.99. The quantitative estimate of drug-likeness (QED) is 0.639. The number of halogens is 1. The third-order valence-corrected chi connectivity index (χ3v) is 7.12. The number of nitrogens with one attached hydrogen (secondary N) is 2. The van der Waals surface area contributed by atoms with Crippen molar-refractivity contribution in [1.29, 1.82) is 0 Å². The molecule has 2 heterocycles. The van der Waals surface area contributed by atoms with Gasteiger partial charge in [-0.3, -0.25) is 14.5 Å². The van der Waals surface area contributed by atoms with Crippen LogP contribution in [-0.2, 0) is 4.79 Å². The molecule has 1 saturated carbocycles. The van der Waals surface area contributed by atoms with Gasteiger partial charge < -0.3 is 20.3 Å². The summed E-state index contributed by atoms with van der Waals surface area (Å²) in [4.78, 5) is 32.2. The van der Waals surface area contributed by atoms with Crippen LogP contribution in [0.15, 0.2) is 18.2 Å². The van der Waals surface area contributed by atoms with E-state index < -0.39 is 6.61 Å². The van der Waals surface area contributed by atoms with Crippen LogP contribution < -0.4 is 5.32 Å². The molecule has 2 fully saturated rings. The lowest BCUT2D eigenvalue weighted by molar-refractivity contribution is -0.136. The van der Waals surface area contributed by atoms with Gasteiger partial charge >= 0.3 is 0 Å². The van der Waals surface area contributed by atoms with Crippen molar-refractivity contribution in [2.24, 2.45) is 0 Å². The van der Waals surface area contributed by atoms with Crippen LogP contribution in [0.1, 0.15) is 55.1 Å². The summed E-state index contributed by atoms with van der Waals surface area (Å²) < 4.78 is 14.1. The number of hydrogen-bond acceptors (Lipinski definition) is 4. The summed E-state index contributed by atoms with van der Waals surface area (Å²) in [5.41, 5.74) is 1.96. The van der Waals surface area contributed by atoms with Crippen molar-refractivity contribution in [1.82, 2.24) is 20.1 Å². The first-order valence-corrected chi connectivity index (χ1v) is 11.6. The van der Waals surface area contributed by atoms with Gasteiger partial charge in [0, 0.05) is 43.1 Å². The monoisotopic (exact) mass is 444 g/mol. The number of aromatic nitrogens is 1. The van der Waals surface area contributed by atoms with E-state index in [0.29, 0.717) is 29.2 Å². The number of carbonyl (C=O) groups is 2. The molecule has 2 aliphatic rings. The first-order valence-electron chi connectivity index (χ1n) is 11.6. The highest BCUT2D eigenvalue weighted by atomic mass is 19.1. The van der Waals surface area contributed by atoms with Crippen molar-refractivity contribution in [3.05, 3.63) is 35.3 Å². The van der Waals surface area contributed by atoms with Gasteiger partial charge in [0.15, 0.2) is 0 Å². The average molecular weight is 445 g/mol. The van der Waals surface area contributed by atoms with Gasteiger partial charge in [-0.25, -0.2) is 4.39 Å². The van der Waals surface area contributed by atoms with Gasteiger partial charge in [0.1, 0.15) is 18.1 Å². The number of amides is 2. The zero-order valence-electron chi connectivity index (χ0n) is 18.9. The van der Waals surface area contributed by atoms with Crippen LogP contribution in [0.2, 0.25) is 0 Å². The molecule has 174 valence electrons. The maximum atomic E-state index is 14.1. The van der Waals surface area contributed by atoms with Crippen LogP contribution in [0.25, 0.3) is 10.9 Å². The second-order valence-electron chi connectivity index (χ2n) is 9.10. The van der Waals surface area contributed by atoms with E-state index >= 15 is 0 Å². The van der Waals surface area contributed by atoms with Gasteiger partial charge in [-0.15, -0.1) is 0 Å². The van der Waals surface area contributed by atoms with Gasteiger partial charge in [0.25, 0.3) is 5.91 Å². The molecule has 1 aliphatic heterocycles. The molecule has 0 bridgehead atoms. The summed E-state index contributed by atoms with van der Waals surface area (Å²) in [7, 11) is 0. The molecule has 2 aromatic rings. The van der Waals surface area contributed by atoms with Crippen molar-refractivity contribution in [2.45, 2.75) is 64.1 Å². The number of nitrogens with zero attached hydrogens (tertiary/aromatic N) is 2. The van der Waals surface area contributed by atoms with Gasteiger partial charge in [-0.05, 0) is 63.6 Å². The highest BCUT2D eigenvalue weighted by Gasteiger charge is 2.35. The number of aromatic amines is 1. The number of rotatable bonds is 6. The van der Waals surface area contributed by atoms with Gasteiger partial charge in [0.05, 0.1) is 5.52 Å². The molecule has 8 heteroatoms. The van der Waals surface area contributed by atoms with Crippen molar-refractivity contribution in [2.75, 3.05) is 26.2 Å². The van der Waals surface area contributed by atoms with Crippen LogP contribution in [0.4, 0.5) is 4.39 Å². The smallest absolute Gasteiger partial charge is 0.267 e. The molecule has 4 rings (SSSR count). The number of fused-ring (bicyclic) bond motifs is 1. The molecule has 3 atom stereocenters. The fourth-order valence-corrected chi connectivity index (χ4v) is 5.42. The molecule has 2 amide bonds.